The maximum Gasteiger partial charge on any atom is 0 e. The third-order valence-electron chi connectivity index (χ3n) is 0. The first-order chi connectivity index (χ1) is 1.00. The largest absolute Gasteiger partial charge is 0.0149 e. The lowest BCUT2D eigenvalue weighted by Crippen LogP contribution is -1.38. The van der Waals surface area contributed by atoms with Crippen LogP contribution in [0.15, 0.2) is 0 Å². The maximum atomic E-state index is 1.44. The molecule has 4 heavy (non-hydrogen) atoms. The fourth-order valence-corrected chi connectivity index (χ4v) is 0. The Morgan fingerprint density at radius 3 is 1.00 bits per heavy atom. The van der Waals surface area contributed by atoms with Gasteiger partial charge in [0.15, 0.2) is 0 Å². The molecule has 0 nitrogen and oxygen atoms in total. The molecule has 0 N–H and O–H groups in total. The smallest absolute Gasteiger partial charge is 0 e. The molecule has 4 heteroatoms. The van der Waals surface area contributed by atoms with Crippen molar-refractivity contribution in [3.63, 3.8) is 0 Å². The van der Waals surface area contributed by atoms with E-state index in [1.165, 1.54) is 19.5 Å². The molecule has 0 bridgehead atoms. The third-order valence-corrected chi connectivity index (χ3v) is 0. The van der Waals surface area contributed by atoms with E-state index in [-0.39, 0.29) is 23.4 Å². The van der Waals surface area contributed by atoms with Gasteiger partial charge in [0.05, 0.1) is 0 Å². The third kappa shape index (κ3) is 13.3. The number of rotatable bonds is 0. The van der Waals surface area contributed by atoms with Crippen molar-refractivity contribution >= 4 is 41.5 Å². The van der Waals surface area contributed by atoms with Crippen LogP contribution in [0.25, 0.3) is 0 Å². The molecule has 0 saturated carbocycles. The van der Waals surface area contributed by atoms with Gasteiger partial charge in [-0.25, -0.2) is 0 Å². The van der Waals surface area contributed by atoms with Gasteiger partial charge in [-0.2, -0.15) is 0 Å². The maximum absolute atomic E-state index is 1.44. The van der Waals surface area contributed by atoms with E-state index in [0.717, 1.165) is 0 Å². The molecule has 0 aromatic heterocycles. The Morgan fingerprint density at radius 1 is 1.00 bits per heavy atom. The van der Waals surface area contributed by atoms with Crippen molar-refractivity contribution < 1.29 is 1.43 Å². The molecule has 0 radical (unpaired) electrons. The molecule has 0 saturated heterocycles. The van der Waals surface area contributed by atoms with Crippen molar-refractivity contribution in [2.24, 2.45) is 0 Å². The highest BCUT2D eigenvalue weighted by molar-refractivity contribution is 6.75. The molecule has 0 rings (SSSR count). The van der Waals surface area contributed by atoms with Gasteiger partial charge in [-0.3, -0.25) is 0 Å². The van der Waals surface area contributed by atoms with Crippen LogP contribution in [0.2, 0.25) is 0 Å². The Hall–Kier alpha value is 0.868. The predicted octanol–water partition coefficient (Wildman–Crippen LogP) is -5.02. The van der Waals surface area contributed by atoms with Crippen LogP contribution < -0.4 is 0 Å². The zero-order valence-electron chi connectivity index (χ0n) is 2.00. The number of hydrogen-bond donors (Lipinski definition) is 0. The first kappa shape index (κ1) is 20.9. The van der Waals surface area contributed by atoms with Crippen LogP contribution in [0.4, 0.5) is 0 Å². The van der Waals surface area contributed by atoms with Crippen LogP contribution in [0, 0.1) is 0 Å². The first-order valence-corrected chi connectivity index (χ1v) is 9.00. The average Bonchev–Trinajstić information content (AvgIpc) is 1.00. The molecule has 0 atom stereocenters. The minimum Gasteiger partial charge on any atom is -0.0149 e. The summed E-state index contributed by atoms with van der Waals surface area (Å²) in [5, 5.41) is 0. The van der Waals surface area contributed by atoms with Gasteiger partial charge in [-0.1, -0.05) is 0 Å². The quantitative estimate of drug-likeness (QED) is 0.287. The predicted molar refractivity (Wildman–Crippen MR) is 44.7 cm³/mol. The highest BCUT2D eigenvalue weighted by Crippen LogP contribution is 0.619. The molecule has 0 aliphatic heterocycles. The summed E-state index contributed by atoms with van der Waals surface area (Å²) in [6.07, 6.45) is 0. The lowest BCUT2D eigenvalue weighted by molar-refractivity contribution is 4.75. The summed E-state index contributed by atoms with van der Waals surface area (Å²) in [5.41, 5.74) is 0. The summed E-state index contributed by atoms with van der Waals surface area (Å²) in [6, 6.07) is 0. The van der Waals surface area contributed by atoms with E-state index in [2.05, 4.69) is 0 Å². The zero-order valence-corrected chi connectivity index (χ0v) is 6.00. The average molecular weight is 128 g/mol. The number of hydrogen-bond acceptors (Lipinski definition) is 0. The van der Waals surface area contributed by atoms with Crippen molar-refractivity contribution in [3.8, 4) is 0 Å². The van der Waals surface area contributed by atoms with Gasteiger partial charge < -0.3 is 0 Å². The van der Waals surface area contributed by atoms with Crippen molar-refractivity contribution in [2.75, 3.05) is 0 Å². The van der Waals surface area contributed by atoms with E-state index in [4.69, 9.17) is 0 Å². The van der Waals surface area contributed by atoms with Crippen molar-refractivity contribution in [1.82, 2.24) is 0 Å². The monoisotopic (exact) mass is 128 g/mol. The summed E-state index contributed by atoms with van der Waals surface area (Å²) in [6.45, 7) is 0. The van der Waals surface area contributed by atoms with E-state index in [9.17, 15) is 0 Å². The van der Waals surface area contributed by atoms with E-state index < -0.39 is 0 Å². The van der Waals surface area contributed by atoms with Gasteiger partial charge in [0.25, 0.3) is 0 Å². The zero-order chi connectivity index (χ0) is 2.00. The van der Waals surface area contributed by atoms with E-state index in [0.29, 0.717) is 0 Å². The SMILES string of the molecule is [HH].[SiH3][SiH3].[SiH4].[SiH4]. The standard InChI is InChI=1S/H6Si2.2H4Si.H2/c1-2;;;/h1-2H3;2*1H4;1H. The molecule has 0 aromatic carbocycles. The van der Waals surface area contributed by atoms with E-state index in [1.54, 1.807) is 0 Å². The molecule has 0 aliphatic carbocycles. The van der Waals surface area contributed by atoms with Crippen molar-refractivity contribution in [3.05, 3.63) is 0 Å². The van der Waals surface area contributed by atoms with Gasteiger partial charge in [-0.15, -0.1) is 0 Å². The Kier molecular flexibility index (Phi) is 221. The van der Waals surface area contributed by atoms with E-state index in [1.807, 2.05) is 0 Å². The second-order valence-corrected chi connectivity index (χ2v) is 0. The molecule has 0 spiro atoms. The first-order valence-electron chi connectivity index (χ1n) is 1.00. The second-order valence-electron chi connectivity index (χ2n) is 0. The Labute approximate surface area is 43.5 Å². The van der Waals surface area contributed by atoms with Crippen LogP contribution in [-0.4, -0.2) is 41.5 Å². The van der Waals surface area contributed by atoms with Gasteiger partial charge >= 0.3 is 0 Å². The van der Waals surface area contributed by atoms with Crippen LogP contribution in [-0.2, 0) is 0 Å². The Bertz CT molecular complexity index is 3.61. The van der Waals surface area contributed by atoms with Crippen molar-refractivity contribution in [2.45, 2.75) is 0 Å². The molecule has 0 fully saturated rings. The highest BCUT2D eigenvalue weighted by atomic mass is 29.1. The van der Waals surface area contributed by atoms with Crippen LogP contribution in [0.3, 0.4) is 0 Å². The summed E-state index contributed by atoms with van der Waals surface area (Å²) in [4.78, 5) is 0. The minimum atomic E-state index is 0. The van der Waals surface area contributed by atoms with Crippen molar-refractivity contribution in [1.29, 1.82) is 0 Å². The summed E-state index contributed by atoms with van der Waals surface area (Å²) < 4.78 is 0. The van der Waals surface area contributed by atoms with Gasteiger partial charge in [-0.05, 0) is 41.5 Å². The second kappa shape index (κ2) is 42.3. The molecule has 0 heterocycles. The fourth-order valence-electron chi connectivity index (χ4n) is 0. The minimum absolute atomic E-state index is 0. The Balaban J connectivity index is -0.00000000167. The van der Waals surface area contributed by atoms with Crippen LogP contribution >= 0.6 is 0 Å². The summed E-state index contributed by atoms with van der Waals surface area (Å²) >= 11 is 0. The van der Waals surface area contributed by atoms with Crippen LogP contribution in [0.1, 0.15) is 1.43 Å². The summed E-state index contributed by atoms with van der Waals surface area (Å²) in [7, 11) is 2.89. The molecule has 32 valence electrons. The highest BCUT2D eigenvalue weighted by Gasteiger charge is 0.988. The Morgan fingerprint density at radius 2 is 1.00 bits per heavy atom. The molecular formula is H16Si4. The molecular weight excluding hydrogens is 112 g/mol. The van der Waals surface area contributed by atoms with E-state index >= 15 is 0 Å². The lowest BCUT2D eigenvalue weighted by Gasteiger charge is -1.01. The lowest BCUT2D eigenvalue weighted by atomic mass is 27.1. The van der Waals surface area contributed by atoms with Gasteiger partial charge in [0, 0.05) is 1.43 Å². The normalized spacial score (nSPS) is 3.00. The topological polar surface area (TPSA) is 0 Å². The van der Waals surface area contributed by atoms with Gasteiger partial charge in [0.2, 0.25) is 0 Å². The fraction of sp³-hybridized carbons (Fsp3) is 0. The van der Waals surface area contributed by atoms with Gasteiger partial charge in [0.1, 0.15) is 0 Å². The molecule has 0 amide bonds. The molecule has 0 aliphatic rings. The molecule has 0 unspecified atom stereocenters. The van der Waals surface area contributed by atoms with Crippen LogP contribution in [0.5, 0.6) is 0 Å². The summed E-state index contributed by atoms with van der Waals surface area (Å²) in [5.74, 6) is 0. The molecule has 0 aromatic rings.